The maximum absolute atomic E-state index is 11.9. The zero-order chi connectivity index (χ0) is 41.3. The molecular formula is C40H71N3O14. The number of carbonyl (C=O) groups is 1. The number of anilines is 1. The van der Waals surface area contributed by atoms with Crippen LogP contribution in [0.4, 0.5) is 17.1 Å². The number of unbranched alkanes of at least 4 members (excludes halogenated alkanes) is 12. The first-order chi connectivity index (χ1) is 28.0. The van der Waals surface area contributed by atoms with Crippen LogP contribution in [-0.4, -0.2) is 135 Å². The number of carbonyl (C=O) groups excluding carboxylic acids is 1. The smallest absolute Gasteiger partial charge is 0.305 e. The van der Waals surface area contributed by atoms with Gasteiger partial charge >= 0.3 is 5.97 Å². The van der Waals surface area contributed by atoms with Gasteiger partial charge in [-0.15, -0.1) is 0 Å². The first-order valence-corrected chi connectivity index (χ1v) is 20.9. The molecule has 0 radical (unpaired) electrons. The highest BCUT2D eigenvalue weighted by Gasteiger charge is 2.19. The molecule has 0 fully saturated rings. The Bertz CT molecular complexity index is 1120. The van der Waals surface area contributed by atoms with Crippen molar-refractivity contribution in [2.75, 3.05) is 124 Å². The summed E-state index contributed by atoms with van der Waals surface area (Å²) in [6, 6.07) is 3.43. The third-order valence-electron chi connectivity index (χ3n) is 8.53. The topological polar surface area (TPSA) is 198 Å². The van der Waals surface area contributed by atoms with Gasteiger partial charge in [-0.1, -0.05) is 84.0 Å². The molecule has 330 valence electrons. The predicted octanol–water partition coefficient (Wildman–Crippen LogP) is 7.07. The van der Waals surface area contributed by atoms with Gasteiger partial charge in [0.15, 0.2) is 0 Å². The Labute approximate surface area is 339 Å². The van der Waals surface area contributed by atoms with E-state index in [1.807, 2.05) is 0 Å². The van der Waals surface area contributed by atoms with Gasteiger partial charge < -0.3 is 47.9 Å². The summed E-state index contributed by atoms with van der Waals surface area (Å²) in [5, 5.41) is 24.8. The van der Waals surface area contributed by atoms with Crippen LogP contribution in [0.2, 0.25) is 0 Å². The van der Waals surface area contributed by atoms with Crippen molar-refractivity contribution >= 4 is 23.0 Å². The Kier molecular flexibility index (Phi) is 36.3. The second-order valence-corrected chi connectivity index (χ2v) is 13.3. The minimum atomic E-state index is -0.680. The lowest BCUT2D eigenvalue weighted by atomic mass is 10.0. The molecule has 0 atom stereocenters. The highest BCUT2D eigenvalue weighted by Crippen LogP contribution is 2.28. The molecule has 0 aliphatic rings. The van der Waals surface area contributed by atoms with Gasteiger partial charge in [0.2, 0.25) is 0 Å². The Balaban J connectivity index is 1.72. The van der Waals surface area contributed by atoms with Crippen LogP contribution in [0.15, 0.2) is 18.2 Å². The van der Waals surface area contributed by atoms with Gasteiger partial charge in [0.1, 0.15) is 12.3 Å². The summed E-state index contributed by atoms with van der Waals surface area (Å²) in [6.07, 6.45) is 17.2. The highest BCUT2D eigenvalue weighted by atomic mass is 16.6. The van der Waals surface area contributed by atoms with E-state index in [9.17, 15) is 25.0 Å². The molecule has 0 aromatic heterocycles. The minimum Gasteiger partial charge on any atom is -0.463 e. The number of nitro groups is 2. The average molecular weight is 818 g/mol. The summed E-state index contributed by atoms with van der Waals surface area (Å²) in [5.74, 6) is -0.147. The molecule has 17 nitrogen and oxygen atoms in total. The second-order valence-electron chi connectivity index (χ2n) is 13.3. The van der Waals surface area contributed by atoms with E-state index < -0.39 is 9.85 Å². The van der Waals surface area contributed by atoms with E-state index in [4.69, 9.17) is 42.6 Å². The van der Waals surface area contributed by atoms with Crippen LogP contribution in [-0.2, 0) is 47.4 Å². The first kappa shape index (κ1) is 52.0. The summed E-state index contributed by atoms with van der Waals surface area (Å²) in [7, 11) is 0. The zero-order valence-corrected chi connectivity index (χ0v) is 34.5. The van der Waals surface area contributed by atoms with Crippen LogP contribution in [0.3, 0.4) is 0 Å². The van der Waals surface area contributed by atoms with Crippen molar-refractivity contribution in [2.45, 2.75) is 96.8 Å². The minimum absolute atomic E-state index is 0.147. The van der Waals surface area contributed by atoms with Gasteiger partial charge in [0.25, 0.3) is 11.4 Å². The third-order valence-corrected chi connectivity index (χ3v) is 8.53. The lowest BCUT2D eigenvalue weighted by Gasteiger charge is -2.09. The molecule has 1 N–H and O–H groups in total. The van der Waals surface area contributed by atoms with E-state index in [1.54, 1.807) is 0 Å². The fraction of sp³-hybridized carbons (Fsp3) is 0.825. The fourth-order valence-electron chi connectivity index (χ4n) is 5.41. The van der Waals surface area contributed by atoms with Gasteiger partial charge in [-0.2, -0.15) is 0 Å². The molecule has 0 saturated carbocycles. The molecule has 0 amide bonds. The van der Waals surface area contributed by atoms with Crippen LogP contribution in [0.25, 0.3) is 0 Å². The van der Waals surface area contributed by atoms with Crippen LogP contribution in [0, 0.1) is 20.2 Å². The van der Waals surface area contributed by atoms with Gasteiger partial charge in [-0.05, 0) is 12.5 Å². The predicted molar refractivity (Wildman–Crippen MR) is 216 cm³/mol. The van der Waals surface area contributed by atoms with E-state index in [0.29, 0.717) is 106 Å². The van der Waals surface area contributed by atoms with Gasteiger partial charge in [0.05, 0.1) is 122 Å². The number of hydrogen-bond acceptors (Lipinski definition) is 15. The second kappa shape index (κ2) is 39.8. The Morgan fingerprint density at radius 3 is 1.26 bits per heavy atom. The maximum atomic E-state index is 11.9. The van der Waals surface area contributed by atoms with E-state index in [2.05, 4.69) is 12.2 Å². The van der Waals surface area contributed by atoms with Gasteiger partial charge in [-0.3, -0.25) is 25.0 Å². The summed E-state index contributed by atoms with van der Waals surface area (Å²) >= 11 is 0. The van der Waals surface area contributed by atoms with Crippen LogP contribution in [0.5, 0.6) is 0 Å². The van der Waals surface area contributed by atoms with Crippen LogP contribution >= 0.6 is 0 Å². The summed E-state index contributed by atoms with van der Waals surface area (Å²) < 4.78 is 48.9. The van der Waals surface area contributed by atoms with Gasteiger partial charge in [0, 0.05) is 19.0 Å². The van der Waals surface area contributed by atoms with E-state index in [1.165, 1.54) is 82.8 Å². The Morgan fingerprint density at radius 2 is 0.877 bits per heavy atom. The molecule has 0 unspecified atom stereocenters. The highest BCUT2D eigenvalue weighted by molar-refractivity contribution is 5.69. The SMILES string of the molecule is CCCCCCCCCCCCCCCC(=O)OCCOCCOCCOCCOCCOCCOCCOCCOCCNc1ccc([N+](=O)[O-])cc1[N+](=O)[O-]. The number of rotatable bonds is 44. The number of nitrogens with one attached hydrogen (secondary N) is 1. The van der Waals surface area contributed by atoms with Crippen molar-refractivity contribution in [3.05, 3.63) is 38.4 Å². The molecule has 0 heterocycles. The summed E-state index contributed by atoms with van der Waals surface area (Å²) in [6.45, 7) is 9.46. The molecule has 1 rings (SSSR count). The monoisotopic (exact) mass is 817 g/mol. The first-order valence-electron chi connectivity index (χ1n) is 20.9. The molecule has 0 bridgehead atoms. The van der Waals surface area contributed by atoms with Crippen molar-refractivity contribution in [1.82, 2.24) is 0 Å². The molecule has 0 aliphatic heterocycles. The standard InChI is InChI=1S/C40H71N3O14/c1-2-3-4-5-6-7-8-9-10-11-12-13-14-15-40(44)57-35-34-56-33-32-55-31-30-54-29-28-53-27-26-52-25-24-51-23-22-50-21-20-49-19-18-41-38-17-16-37(42(45)46)36-39(38)43(47)48/h16-17,36,41H,2-15,18-35H2,1H3. The Morgan fingerprint density at radius 1 is 0.509 bits per heavy atom. The van der Waals surface area contributed by atoms with Crippen LogP contribution < -0.4 is 5.32 Å². The van der Waals surface area contributed by atoms with Crippen LogP contribution in [0.1, 0.15) is 96.8 Å². The molecule has 1 aromatic rings. The van der Waals surface area contributed by atoms with E-state index >= 15 is 0 Å². The van der Waals surface area contributed by atoms with Gasteiger partial charge in [-0.25, -0.2) is 0 Å². The molecule has 0 saturated heterocycles. The zero-order valence-electron chi connectivity index (χ0n) is 34.5. The molecule has 57 heavy (non-hydrogen) atoms. The maximum Gasteiger partial charge on any atom is 0.305 e. The fourth-order valence-corrected chi connectivity index (χ4v) is 5.41. The van der Waals surface area contributed by atoms with Crippen molar-refractivity contribution in [3.63, 3.8) is 0 Å². The molecule has 0 aliphatic carbocycles. The van der Waals surface area contributed by atoms with E-state index in [-0.39, 0.29) is 42.8 Å². The third kappa shape index (κ3) is 33.6. The number of hydrogen-bond donors (Lipinski definition) is 1. The Hall–Kier alpha value is -3.03. The van der Waals surface area contributed by atoms with Crippen molar-refractivity contribution in [3.8, 4) is 0 Å². The largest absolute Gasteiger partial charge is 0.463 e. The number of esters is 1. The normalized spacial score (nSPS) is 11.2. The van der Waals surface area contributed by atoms with Crippen molar-refractivity contribution in [1.29, 1.82) is 0 Å². The summed E-state index contributed by atoms with van der Waals surface area (Å²) in [4.78, 5) is 32.5. The summed E-state index contributed by atoms with van der Waals surface area (Å²) in [5.41, 5.74) is -0.528. The average Bonchev–Trinajstić information content (AvgIpc) is 3.20. The number of non-ortho nitro benzene ring substituents is 1. The molecule has 1 aromatic carbocycles. The van der Waals surface area contributed by atoms with E-state index in [0.717, 1.165) is 18.9 Å². The molecule has 0 spiro atoms. The number of benzene rings is 1. The number of nitrogens with zero attached hydrogens (tertiary/aromatic N) is 2. The lowest BCUT2D eigenvalue weighted by Crippen LogP contribution is -2.16. The lowest BCUT2D eigenvalue weighted by molar-refractivity contribution is -0.393. The molecular weight excluding hydrogens is 746 g/mol. The van der Waals surface area contributed by atoms with Crippen molar-refractivity contribution in [2.24, 2.45) is 0 Å². The number of nitro benzene ring substituents is 2. The quantitative estimate of drug-likeness (QED) is 0.0303. The molecule has 17 heteroatoms. The van der Waals surface area contributed by atoms with Crippen molar-refractivity contribution < 1.29 is 57.3 Å². The number of ether oxygens (including phenoxy) is 9.